The van der Waals surface area contributed by atoms with Gasteiger partial charge in [-0.3, -0.25) is 9.59 Å². The summed E-state index contributed by atoms with van der Waals surface area (Å²) in [4.78, 5) is 22.6. The SMILES string of the molecule is CCOCCOCc1cccc(CNC(=O)C2CC2C(=O)O)c1. The van der Waals surface area contributed by atoms with E-state index in [4.69, 9.17) is 14.6 Å². The second-order valence-electron chi connectivity index (χ2n) is 5.57. The highest BCUT2D eigenvalue weighted by Gasteiger charge is 2.48. The van der Waals surface area contributed by atoms with E-state index in [1.807, 2.05) is 31.2 Å². The van der Waals surface area contributed by atoms with Crippen molar-refractivity contribution in [1.29, 1.82) is 0 Å². The van der Waals surface area contributed by atoms with Gasteiger partial charge in [0.05, 0.1) is 31.7 Å². The number of benzene rings is 1. The van der Waals surface area contributed by atoms with Crippen LogP contribution in [-0.2, 0) is 32.2 Å². The Kier molecular flexibility index (Phi) is 6.55. The number of rotatable bonds is 10. The molecule has 2 rings (SSSR count). The van der Waals surface area contributed by atoms with Gasteiger partial charge in [-0.25, -0.2) is 0 Å². The van der Waals surface area contributed by atoms with E-state index in [0.29, 0.717) is 39.4 Å². The molecule has 2 N–H and O–H groups in total. The van der Waals surface area contributed by atoms with Gasteiger partial charge in [0.25, 0.3) is 0 Å². The van der Waals surface area contributed by atoms with Gasteiger partial charge in [-0.2, -0.15) is 0 Å². The lowest BCUT2D eigenvalue weighted by Crippen LogP contribution is -2.25. The van der Waals surface area contributed by atoms with Crippen molar-refractivity contribution >= 4 is 11.9 Å². The second kappa shape index (κ2) is 8.64. The minimum Gasteiger partial charge on any atom is -0.481 e. The minimum atomic E-state index is -0.892. The van der Waals surface area contributed by atoms with Gasteiger partial charge in [-0.1, -0.05) is 24.3 Å². The predicted octanol–water partition coefficient (Wildman–Crippen LogP) is 1.58. The molecular formula is C17H23NO5. The van der Waals surface area contributed by atoms with Gasteiger partial charge in [0.15, 0.2) is 0 Å². The molecule has 1 aliphatic carbocycles. The molecule has 0 bridgehead atoms. The molecule has 0 spiro atoms. The summed E-state index contributed by atoms with van der Waals surface area (Å²) in [6.45, 7) is 4.65. The van der Waals surface area contributed by atoms with Crippen molar-refractivity contribution in [3.05, 3.63) is 35.4 Å². The Morgan fingerprint density at radius 1 is 1.22 bits per heavy atom. The van der Waals surface area contributed by atoms with Crippen LogP contribution >= 0.6 is 0 Å². The lowest BCUT2D eigenvalue weighted by molar-refractivity contribution is -0.140. The fourth-order valence-corrected chi connectivity index (χ4v) is 2.36. The number of amides is 1. The number of carbonyl (C=O) groups is 2. The molecule has 6 heteroatoms. The first kappa shape index (κ1) is 17.4. The quantitative estimate of drug-likeness (QED) is 0.639. The third-order valence-electron chi connectivity index (χ3n) is 3.75. The van der Waals surface area contributed by atoms with E-state index >= 15 is 0 Å². The molecule has 1 saturated carbocycles. The second-order valence-corrected chi connectivity index (χ2v) is 5.57. The Hall–Kier alpha value is -1.92. The van der Waals surface area contributed by atoms with Crippen molar-refractivity contribution < 1.29 is 24.2 Å². The fraction of sp³-hybridized carbons (Fsp3) is 0.529. The van der Waals surface area contributed by atoms with Crippen molar-refractivity contribution in [2.45, 2.75) is 26.5 Å². The number of hydrogen-bond acceptors (Lipinski definition) is 4. The lowest BCUT2D eigenvalue weighted by atomic mass is 10.1. The number of hydrogen-bond donors (Lipinski definition) is 2. The van der Waals surface area contributed by atoms with E-state index in [9.17, 15) is 9.59 Å². The summed E-state index contributed by atoms with van der Waals surface area (Å²) in [6, 6.07) is 7.78. The zero-order valence-corrected chi connectivity index (χ0v) is 13.3. The van der Waals surface area contributed by atoms with Crippen molar-refractivity contribution in [2.24, 2.45) is 11.8 Å². The van der Waals surface area contributed by atoms with Gasteiger partial charge in [0, 0.05) is 13.2 Å². The summed E-state index contributed by atoms with van der Waals surface area (Å²) in [5.41, 5.74) is 2.00. The fourth-order valence-electron chi connectivity index (χ4n) is 2.36. The zero-order chi connectivity index (χ0) is 16.7. The summed E-state index contributed by atoms with van der Waals surface area (Å²) < 4.78 is 10.7. The van der Waals surface area contributed by atoms with Crippen LogP contribution in [0.5, 0.6) is 0 Å². The molecule has 2 unspecified atom stereocenters. The molecule has 0 saturated heterocycles. The maximum Gasteiger partial charge on any atom is 0.307 e. The van der Waals surface area contributed by atoms with Crippen LogP contribution in [-0.4, -0.2) is 36.8 Å². The number of nitrogens with one attached hydrogen (secondary N) is 1. The molecule has 1 aromatic rings. The first-order valence-corrected chi connectivity index (χ1v) is 7.85. The molecule has 0 heterocycles. The summed E-state index contributed by atoms with van der Waals surface area (Å²) in [6.07, 6.45) is 0.439. The summed E-state index contributed by atoms with van der Waals surface area (Å²) in [7, 11) is 0. The van der Waals surface area contributed by atoms with Crippen LogP contribution in [0.2, 0.25) is 0 Å². The van der Waals surface area contributed by atoms with E-state index in [-0.39, 0.29) is 11.8 Å². The van der Waals surface area contributed by atoms with E-state index in [1.54, 1.807) is 0 Å². The molecule has 1 aromatic carbocycles. The van der Waals surface area contributed by atoms with Crippen LogP contribution in [0.1, 0.15) is 24.5 Å². The topological polar surface area (TPSA) is 84.9 Å². The first-order valence-electron chi connectivity index (χ1n) is 7.85. The summed E-state index contributed by atoms with van der Waals surface area (Å²) >= 11 is 0. The van der Waals surface area contributed by atoms with Crippen LogP contribution in [0, 0.1) is 11.8 Å². The van der Waals surface area contributed by atoms with E-state index in [2.05, 4.69) is 5.32 Å². The van der Waals surface area contributed by atoms with Crippen LogP contribution in [0.3, 0.4) is 0 Å². The third kappa shape index (κ3) is 5.65. The molecule has 0 aliphatic heterocycles. The lowest BCUT2D eigenvalue weighted by Gasteiger charge is -2.08. The third-order valence-corrected chi connectivity index (χ3v) is 3.75. The van der Waals surface area contributed by atoms with Crippen LogP contribution in [0.4, 0.5) is 0 Å². The van der Waals surface area contributed by atoms with Crippen molar-refractivity contribution in [3.63, 3.8) is 0 Å². The zero-order valence-electron chi connectivity index (χ0n) is 13.3. The smallest absolute Gasteiger partial charge is 0.307 e. The molecule has 23 heavy (non-hydrogen) atoms. The molecule has 1 fully saturated rings. The van der Waals surface area contributed by atoms with Gasteiger partial charge in [-0.15, -0.1) is 0 Å². The summed E-state index contributed by atoms with van der Waals surface area (Å²) in [5.74, 6) is -1.97. The average Bonchev–Trinajstić information content (AvgIpc) is 3.34. The van der Waals surface area contributed by atoms with Crippen LogP contribution < -0.4 is 5.32 Å². The molecular weight excluding hydrogens is 298 g/mol. The van der Waals surface area contributed by atoms with Gasteiger partial charge in [0.1, 0.15) is 0 Å². The van der Waals surface area contributed by atoms with Crippen LogP contribution in [0.25, 0.3) is 0 Å². The Morgan fingerprint density at radius 2 is 1.96 bits per heavy atom. The van der Waals surface area contributed by atoms with E-state index in [1.165, 1.54) is 0 Å². The maximum atomic E-state index is 11.8. The Balaban J connectivity index is 1.72. The van der Waals surface area contributed by atoms with Crippen LogP contribution in [0.15, 0.2) is 24.3 Å². The molecule has 0 radical (unpaired) electrons. The van der Waals surface area contributed by atoms with Gasteiger partial charge < -0.3 is 19.9 Å². The highest BCUT2D eigenvalue weighted by Crippen LogP contribution is 2.38. The Bertz CT molecular complexity index is 546. The minimum absolute atomic E-state index is 0.184. The summed E-state index contributed by atoms with van der Waals surface area (Å²) in [5, 5.41) is 11.6. The van der Waals surface area contributed by atoms with E-state index in [0.717, 1.165) is 11.1 Å². The molecule has 126 valence electrons. The number of carboxylic acids is 1. The first-order chi connectivity index (χ1) is 11.1. The standard InChI is InChI=1S/C17H23NO5/c1-2-22-6-7-23-11-13-5-3-4-12(8-13)10-18-16(19)14-9-15(14)17(20)21/h3-5,8,14-15H,2,6-7,9-11H2,1H3,(H,18,19)(H,20,21). The normalized spacial score (nSPS) is 19.3. The van der Waals surface area contributed by atoms with Gasteiger partial charge >= 0.3 is 5.97 Å². The molecule has 1 aliphatic rings. The highest BCUT2D eigenvalue weighted by molar-refractivity contribution is 5.89. The Morgan fingerprint density at radius 3 is 2.65 bits per heavy atom. The highest BCUT2D eigenvalue weighted by atomic mass is 16.5. The molecule has 1 amide bonds. The average molecular weight is 321 g/mol. The van der Waals surface area contributed by atoms with Crippen molar-refractivity contribution in [2.75, 3.05) is 19.8 Å². The van der Waals surface area contributed by atoms with Gasteiger partial charge in [0.2, 0.25) is 5.91 Å². The molecule has 2 atom stereocenters. The largest absolute Gasteiger partial charge is 0.481 e. The van der Waals surface area contributed by atoms with Gasteiger partial charge in [-0.05, 0) is 24.5 Å². The Labute approximate surface area is 135 Å². The van der Waals surface area contributed by atoms with Crippen molar-refractivity contribution in [1.82, 2.24) is 5.32 Å². The van der Waals surface area contributed by atoms with Crippen molar-refractivity contribution in [3.8, 4) is 0 Å². The molecule has 0 aromatic heterocycles. The number of ether oxygens (including phenoxy) is 2. The number of carbonyl (C=O) groups excluding carboxylic acids is 1. The predicted molar refractivity (Wildman–Crippen MR) is 83.7 cm³/mol. The van der Waals surface area contributed by atoms with E-state index < -0.39 is 11.9 Å². The maximum absolute atomic E-state index is 11.8. The number of aliphatic carboxylic acids is 1. The monoisotopic (exact) mass is 321 g/mol. The molecule has 6 nitrogen and oxygen atoms in total. The number of carboxylic acid groups (broad SMARTS) is 1.